The Morgan fingerprint density at radius 3 is 2.80 bits per heavy atom. The van der Waals surface area contributed by atoms with Crippen LogP contribution in [-0.4, -0.2) is 45.5 Å². The van der Waals surface area contributed by atoms with Crippen LogP contribution in [0, 0.1) is 5.82 Å². The molecule has 0 aromatic carbocycles. The fraction of sp³-hybridized carbons (Fsp3) is 0.588. The highest BCUT2D eigenvalue weighted by Gasteiger charge is 2.25. The van der Waals surface area contributed by atoms with Gasteiger partial charge in [0.15, 0.2) is 5.82 Å². The van der Waals surface area contributed by atoms with Crippen LogP contribution >= 0.6 is 0 Å². The van der Waals surface area contributed by atoms with Crippen molar-refractivity contribution in [1.82, 2.24) is 25.1 Å². The molecule has 4 heterocycles. The lowest BCUT2D eigenvalue weighted by atomic mass is 10.0. The topological polar surface area (TPSA) is 68.1 Å². The van der Waals surface area contributed by atoms with Crippen molar-refractivity contribution in [3.63, 3.8) is 0 Å². The first-order valence-corrected chi connectivity index (χ1v) is 8.78. The lowest BCUT2D eigenvalue weighted by Crippen LogP contribution is -2.35. The predicted octanol–water partition coefficient (Wildman–Crippen LogP) is 1.18. The summed E-state index contributed by atoms with van der Waals surface area (Å²) in [5.41, 5.74) is 3.63. The van der Waals surface area contributed by atoms with Gasteiger partial charge in [-0.2, -0.15) is 5.10 Å². The number of fused-ring (bicyclic) bond motifs is 1. The molecule has 0 spiro atoms. The van der Waals surface area contributed by atoms with E-state index < -0.39 is 5.82 Å². The van der Waals surface area contributed by atoms with Crippen molar-refractivity contribution in [2.24, 2.45) is 7.05 Å². The molecule has 8 heteroatoms. The fourth-order valence-electron chi connectivity index (χ4n) is 3.58. The molecule has 1 saturated heterocycles. The quantitative estimate of drug-likeness (QED) is 0.897. The third-order valence-corrected chi connectivity index (χ3v) is 5.00. The summed E-state index contributed by atoms with van der Waals surface area (Å²) in [5.74, 6) is 0.151. The Kier molecular flexibility index (Phi) is 4.63. The van der Waals surface area contributed by atoms with Crippen LogP contribution in [0.4, 0.5) is 10.3 Å². The highest BCUT2D eigenvalue weighted by molar-refractivity contribution is 5.39. The minimum Gasteiger partial charge on any atom is -0.381 e. The second kappa shape index (κ2) is 7.05. The summed E-state index contributed by atoms with van der Waals surface area (Å²) in [4.78, 5) is 10.3. The second-order valence-corrected chi connectivity index (χ2v) is 6.64. The van der Waals surface area contributed by atoms with E-state index in [0.717, 1.165) is 51.3 Å². The number of rotatable bonds is 4. The molecule has 0 atom stereocenters. The van der Waals surface area contributed by atoms with E-state index in [1.807, 2.05) is 11.7 Å². The van der Waals surface area contributed by atoms with Gasteiger partial charge in [0.05, 0.1) is 30.3 Å². The Hall–Kier alpha value is -2.06. The molecule has 0 aliphatic carbocycles. The van der Waals surface area contributed by atoms with Crippen LogP contribution in [0.15, 0.2) is 12.4 Å². The SMILES string of the molecule is Cn1nc(CNC2CCOCC2)c2c1CN(c1ncc(F)cn1)CC2. The standard InChI is InChI=1S/C17H23FN6O/c1-23-16-11-24(17-20-8-12(18)9-21-17)5-2-14(16)15(22-23)10-19-13-3-6-25-7-4-13/h8-9,13,19H,2-7,10-11H2,1H3. The lowest BCUT2D eigenvalue weighted by molar-refractivity contribution is 0.0775. The summed E-state index contributed by atoms with van der Waals surface area (Å²) in [7, 11) is 1.98. The number of aryl methyl sites for hydroxylation is 1. The molecular formula is C17H23FN6O. The van der Waals surface area contributed by atoms with Crippen LogP contribution in [0.2, 0.25) is 0 Å². The van der Waals surface area contributed by atoms with Crippen LogP contribution in [0.5, 0.6) is 0 Å². The first-order chi connectivity index (χ1) is 12.2. The number of halogens is 1. The minimum atomic E-state index is -0.413. The monoisotopic (exact) mass is 346 g/mol. The number of nitrogens with zero attached hydrogens (tertiary/aromatic N) is 5. The Bertz CT molecular complexity index is 725. The number of hydrogen-bond donors (Lipinski definition) is 1. The lowest BCUT2D eigenvalue weighted by Gasteiger charge is -2.27. The summed E-state index contributed by atoms with van der Waals surface area (Å²) in [6.07, 6.45) is 5.44. The van der Waals surface area contributed by atoms with Crippen LogP contribution < -0.4 is 10.2 Å². The Labute approximate surface area is 146 Å². The van der Waals surface area contributed by atoms with Crippen molar-refractivity contribution >= 4 is 5.95 Å². The molecule has 7 nitrogen and oxygen atoms in total. The zero-order chi connectivity index (χ0) is 17.2. The highest BCUT2D eigenvalue weighted by atomic mass is 19.1. The zero-order valence-corrected chi connectivity index (χ0v) is 14.4. The van der Waals surface area contributed by atoms with Crippen molar-refractivity contribution in [1.29, 1.82) is 0 Å². The summed E-state index contributed by atoms with van der Waals surface area (Å²) in [5, 5.41) is 8.33. The molecule has 1 fully saturated rings. The second-order valence-electron chi connectivity index (χ2n) is 6.64. The van der Waals surface area contributed by atoms with Gasteiger partial charge in [0.2, 0.25) is 5.95 Å². The molecule has 2 aliphatic heterocycles. The number of anilines is 1. The van der Waals surface area contributed by atoms with Crippen molar-refractivity contribution in [2.45, 2.75) is 38.4 Å². The maximum atomic E-state index is 13.0. The van der Waals surface area contributed by atoms with E-state index in [1.165, 1.54) is 23.7 Å². The maximum absolute atomic E-state index is 13.0. The average molecular weight is 346 g/mol. The first-order valence-electron chi connectivity index (χ1n) is 8.78. The van der Waals surface area contributed by atoms with Crippen LogP contribution in [0.25, 0.3) is 0 Å². The summed E-state index contributed by atoms with van der Waals surface area (Å²) in [6.45, 7) is 3.98. The van der Waals surface area contributed by atoms with Gasteiger partial charge in [0.25, 0.3) is 0 Å². The third kappa shape index (κ3) is 3.50. The van der Waals surface area contributed by atoms with E-state index in [2.05, 4.69) is 20.2 Å². The molecule has 0 amide bonds. The predicted molar refractivity (Wildman–Crippen MR) is 90.6 cm³/mol. The molecule has 134 valence electrons. The van der Waals surface area contributed by atoms with E-state index in [4.69, 9.17) is 9.84 Å². The normalized spacial score (nSPS) is 18.4. The van der Waals surface area contributed by atoms with Gasteiger partial charge in [-0.05, 0) is 19.3 Å². The van der Waals surface area contributed by atoms with Gasteiger partial charge >= 0.3 is 0 Å². The highest BCUT2D eigenvalue weighted by Crippen LogP contribution is 2.24. The average Bonchev–Trinajstić information content (AvgIpc) is 2.97. The largest absolute Gasteiger partial charge is 0.381 e. The van der Waals surface area contributed by atoms with Crippen molar-refractivity contribution in [3.8, 4) is 0 Å². The van der Waals surface area contributed by atoms with Crippen LogP contribution in [0.3, 0.4) is 0 Å². The maximum Gasteiger partial charge on any atom is 0.225 e. The molecule has 2 aliphatic rings. The smallest absolute Gasteiger partial charge is 0.225 e. The third-order valence-electron chi connectivity index (χ3n) is 5.00. The van der Waals surface area contributed by atoms with Crippen LogP contribution in [0.1, 0.15) is 29.8 Å². The van der Waals surface area contributed by atoms with E-state index in [9.17, 15) is 4.39 Å². The number of hydrogen-bond acceptors (Lipinski definition) is 6. The van der Waals surface area contributed by atoms with E-state index in [0.29, 0.717) is 18.5 Å². The molecule has 4 rings (SSSR count). The number of aromatic nitrogens is 4. The molecule has 25 heavy (non-hydrogen) atoms. The fourth-order valence-corrected chi connectivity index (χ4v) is 3.58. The summed E-state index contributed by atoms with van der Waals surface area (Å²) in [6, 6.07) is 0.513. The van der Waals surface area contributed by atoms with Gasteiger partial charge in [0.1, 0.15) is 0 Å². The Balaban J connectivity index is 1.46. The molecule has 0 unspecified atom stereocenters. The van der Waals surface area contributed by atoms with E-state index >= 15 is 0 Å². The van der Waals surface area contributed by atoms with Gasteiger partial charge in [-0.15, -0.1) is 0 Å². The van der Waals surface area contributed by atoms with Gasteiger partial charge in [0, 0.05) is 45.0 Å². The zero-order valence-electron chi connectivity index (χ0n) is 14.4. The Morgan fingerprint density at radius 1 is 1.28 bits per heavy atom. The number of ether oxygens (including phenoxy) is 1. The molecule has 0 saturated carbocycles. The molecule has 1 N–H and O–H groups in total. The Morgan fingerprint density at radius 2 is 2.04 bits per heavy atom. The molecule has 0 radical (unpaired) electrons. The molecule has 2 aromatic heterocycles. The minimum absolute atomic E-state index is 0.413. The molecule has 0 bridgehead atoms. The van der Waals surface area contributed by atoms with Gasteiger partial charge in [-0.3, -0.25) is 4.68 Å². The van der Waals surface area contributed by atoms with Crippen LogP contribution in [-0.2, 0) is 31.3 Å². The summed E-state index contributed by atoms with van der Waals surface area (Å²) >= 11 is 0. The van der Waals surface area contributed by atoms with E-state index in [1.54, 1.807) is 0 Å². The molecular weight excluding hydrogens is 323 g/mol. The van der Waals surface area contributed by atoms with Gasteiger partial charge < -0.3 is 15.0 Å². The van der Waals surface area contributed by atoms with Crippen molar-refractivity contribution in [2.75, 3.05) is 24.7 Å². The van der Waals surface area contributed by atoms with Crippen molar-refractivity contribution in [3.05, 3.63) is 35.2 Å². The summed E-state index contributed by atoms with van der Waals surface area (Å²) < 4.78 is 20.4. The first kappa shape index (κ1) is 16.4. The number of nitrogens with one attached hydrogen (secondary N) is 1. The van der Waals surface area contributed by atoms with Gasteiger partial charge in [-0.1, -0.05) is 0 Å². The van der Waals surface area contributed by atoms with Crippen molar-refractivity contribution < 1.29 is 9.13 Å². The van der Waals surface area contributed by atoms with E-state index in [-0.39, 0.29) is 0 Å². The van der Waals surface area contributed by atoms with Gasteiger partial charge in [-0.25, -0.2) is 14.4 Å². The molecule has 2 aromatic rings.